The third kappa shape index (κ3) is 3.40. The first-order valence-corrected chi connectivity index (χ1v) is 10.8. The first-order chi connectivity index (χ1) is 14.0. The maximum atomic E-state index is 12.8. The zero-order chi connectivity index (χ0) is 20.5. The van der Waals surface area contributed by atoms with Gasteiger partial charge >= 0.3 is 0 Å². The topological polar surface area (TPSA) is 37.6 Å². The average Bonchev–Trinajstić information content (AvgIpc) is 3.17. The van der Waals surface area contributed by atoms with Gasteiger partial charge in [0.05, 0.1) is 10.6 Å². The number of carbonyl (C=O) groups excluding carboxylic acids is 1. The number of hydrogen-bond donors (Lipinski definition) is 0. The number of nitrogens with zero attached hydrogens (tertiary/aromatic N) is 3. The number of benzene rings is 2. The normalized spacial score (nSPS) is 17.2. The highest BCUT2D eigenvalue weighted by Crippen LogP contribution is 2.34. The molecular weight excluding hydrogens is 378 g/mol. The molecule has 1 amide bonds. The largest absolute Gasteiger partial charge is 0.317 e. The molecule has 0 unspecified atom stereocenters. The second-order valence-electron chi connectivity index (χ2n) is 7.08. The Morgan fingerprint density at radius 2 is 1.83 bits per heavy atom. The number of hydrogen-bond acceptors (Lipinski definition) is 3. The molecule has 0 spiro atoms. The number of fused-ring (bicyclic) bond motifs is 1. The van der Waals surface area contributed by atoms with Crippen LogP contribution in [0.15, 0.2) is 58.4 Å². The summed E-state index contributed by atoms with van der Waals surface area (Å²) in [4.78, 5) is 19.8. The summed E-state index contributed by atoms with van der Waals surface area (Å²) in [6.07, 6.45) is 2.01. The number of carbonyl (C=O) groups is 1. The fourth-order valence-electron chi connectivity index (χ4n) is 3.89. The van der Waals surface area contributed by atoms with Crippen LogP contribution in [0.25, 0.3) is 22.5 Å². The molecule has 1 fully saturated rings. The molecule has 0 aliphatic carbocycles. The van der Waals surface area contributed by atoms with Crippen molar-refractivity contribution in [3.05, 3.63) is 70.4 Å². The molecular formula is C24H25N3OS. The molecule has 0 saturated carbocycles. The minimum Gasteiger partial charge on any atom is -0.317 e. The molecule has 5 heteroatoms. The van der Waals surface area contributed by atoms with E-state index in [1.807, 2.05) is 19.9 Å². The van der Waals surface area contributed by atoms with E-state index in [2.05, 4.69) is 71.9 Å². The highest BCUT2D eigenvalue weighted by atomic mass is 32.2. The summed E-state index contributed by atoms with van der Waals surface area (Å²) in [5.41, 5.74) is 4.51. The molecule has 1 saturated heterocycles. The molecule has 4 rings (SSSR count). The Bertz CT molecular complexity index is 1150. The van der Waals surface area contributed by atoms with Gasteiger partial charge < -0.3 is 4.57 Å². The molecule has 0 radical (unpaired) electrons. The molecule has 0 bridgehead atoms. The van der Waals surface area contributed by atoms with Gasteiger partial charge in [-0.25, -0.2) is 0 Å². The molecule has 2 heterocycles. The van der Waals surface area contributed by atoms with E-state index in [1.54, 1.807) is 4.90 Å². The van der Waals surface area contributed by atoms with Crippen molar-refractivity contribution in [3.63, 3.8) is 0 Å². The second-order valence-corrected chi connectivity index (χ2v) is 8.09. The highest BCUT2D eigenvalue weighted by Gasteiger charge is 2.32. The highest BCUT2D eigenvalue weighted by molar-refractivity contribution is 8.18. The van der Waals surface area contributed by atoms with E-state index in [9.17, 15) is 4.79 Å². The Hall–Kier alpha value is -2.79. The number of aromatic nitrogens is 1. The van der Waals surface area contributed by atoms with Gasteiger partial charge in [0.25, 0.3) is 5.91 Å². The lowest BCUT2D eigenvalue weighted by atomic mass is 10.1. The molecule has 4 nitrogen and oxygen atoms in total. The minimum absolute atomic E-state index is 0.0414. The number of rotatable bonds is 4. The van der Waals surface area contributed by atoms with Gasteiger partial charge in [0.15, 0.2) is 5.17 Å². The van der Waals surface area contributed by atoms with Gasteiger partial charge in [-0.2, -0.15) is 0 Å². The minimum atomic E-state index is 0.0414. The lowest BCUT2D eigenvalue weighted by Gasteiger charge is -2.13. The van der Waals surface area contributed by atoms with Crippen LogP contribution in [-0.4, -0.2) is 33.6 Å². The van der Waals surface area contributed by atoms with E-state index in [1.165, 1.54) is 22.5 Å². The van der Waals surface area contributed by atoms with E-state index in [0.717, 1.165) is 32.7 Å². The molecule has 3 aromatic rings. The third-order valence-corrected chi connectivity index (χ3v) is 6.31. The predicted molar refractivity (Wildman–Crippen MR) is 124 cm³/mol. The Balaban J connectivity index is 1.80. The SMILES string of the molecule is CCN=C1S/C(=C/c2cc(C)n(-c3cccc4ccccc34)c2C)C(=O)N1CC. The van der Waals surface area contributed by atoms with Gasteiger partial charge in [-0.3, -0.25) is 14.7 Å². The molecule has 0 N–H and O–H groups in total. The number of aliphatic imine (C=N–C) groups is 1. The average molecular weight is 404 g/mol. The van der Waals surface area contributed by atoms with Crippen LogP contribution in [0.3, 0.4) is 0 Å². The van der Waals surface area contributed by atoms with E-state index in [0.29, 0.717) is 13.1 Å². The number of thioether (sulfide) groups is 1. The standard InChI is InChI=1S/C24H25N3OS/c1-5-25-24-26(6-2)23(28)22(29-24)15-19-14-16(3)27(17(19)4)21-13-9-11-18-10-7-8-12-20(18)21/h7-15H,5-6H2,1-4H3/b22-15+,25-24?. The van der Waals surface area contributed by atoms with Gasteiger partial charge in [0.1, 0.15) is 0 Å². The molecule has 29 heavy (non-hydrogen) atoms. The lowest BCUT2D eigenvalue weighted by molar-refractivity contribution is -0.122. The number of aryl methyl sites for hydroxylation is 1. The van der Waals surface area contributed by atoms with Crippen LogP contribution in [0, 0.1) is 13.8 Å². The van der Waals surface area contributed by atoms with E-state index in [-0.39, 0.29) is 5.91 Å². The smallest absolute Gasteiger partial charge is 0.266 e. The summed E-state index contributed by atoms with van der Waals surface area (Å²) < 4.78 is 2.28. The Morgan fingerprint density at radius 1 is 1.07 bits per heavy atom. The van der Waals surface area contributed by atoms with Crippen molar-refractivity contribution >= 4 is 39.7 Å². The number of amidine groups is 1. The van der Waals surface area contributed by atoms with Crippen LogP contribution in [-0.2, 0) is 4.79 Å². The van der Waals surface area contributed by atoms with Crippen LogP contribution >= 0.6 is 11.8 Å². The van der Waals surface area contributed by atoms with Crippen molar-refractivity contribution in [1.29, 1.82) is 0 Å². The van der Waals surface area contributed by atoms with E-state index in [4.69, 9.17) is 0 Å². The Morgan fingerprint density at radius 3 is 2.59 bits per heavy atom. The van der Waals surface area contributed by atoms with Crippen molar-refractivity contribution < 1.29 is 4.79 Å². The fraction of sp³-hybridized carbons (Fsp3) is 0.250. The van der Waals surface area contributed by atoms with Crippen LogP contribution in [0.2, 0.25) is 0 Å². The van der Waals surface area contributed by atoms with Gasteiger partial charge in [-0.15, -0.1) is 0 Å². The van der Waals surface area contributed by atoms with Gasteiger partial charge in [-0.05, 0) is 68.6 Å². The van der Waals surface area contributed by atoms with Crippen molar-refractivity contribution in [1.82, 2.24) is 9.47 Å². The van der Waals surface area contributed by atoms with Crippen LogP contribution in [0.4, 0.5) is 0 Å². The zero-order valence-corrected chi connectivity index (χ0v) is 18.1. The number of likely N-dealkylation sites (N-methyl/N-ethyl adjacent to an activating group) is 1. The Labute approximate surface area is 175 Å². The first kappa shape index (κ1) is 19.5. The van der Waals surface area contributed by atoms with Crippen molar-refractivity contribution in [3.8, 4) is 5.69 Å². The van der Waals surface area contributed by atoms with E-state index < -0.39 is 0 Å². The molecule has 1 aliphatic rings. The predicted octanol–water partition coefficient (Wildman–Crippen LogP) is 5.56. The van der Waals surface area contributed by atoms with Gasteiger partial charge in [0, 0.05) is 29.9 Å². The van der Waals surface area contributed by atoms with Crippen molar-refractivity contribution in [2.45, 2.75) is 27.7 Å². The summed E-state index contributed by atoms with van der Waals surface area (Å²) in [7, 11) is 0. The summed E-state index contributed by atoms with van der Waals surface area (Å²) in [6.45, 7) is 9.52. The quantitative estimate of drug-likeness (QED) is 0.535. The van der Waals surface area contributed by atoms with Crippen LogP contribution < -0.4 is 0 Å². The molecule has 1 aromatic heterocycles. The monoisotopic (exact) mass is 403 g/mol. The van der Waals surface area contributed by atoms with Crippen molar-refractivity contribution in [2.24, 2.45) is 4.99 Å². The number of amides is 1. The van der Waals surface area contributed by atoms with Crippen molar-refractivity contribution in [2.75, 3.05) is 13.1 Å². The van der Waals surface area contributed by atoms with Gasteiger partial charge in [-0.1, -0.05) is 36.4 Å². The maximum absolute atomic E-state index is 12.8. The van der Waals surface area contributed by atoms with Crippen LogP contribution in [0.5, 0.6) is 0 Å². The lowest BCUT2D eigenvalue weighted by Crippen LogP contribution is -2.28. The molecule has 0 atom stereocenters. The van der Waals surface area contributed by atoms with Gasteiger partial charge in [0.2, 0.25) is 0 Å². The van der Waals surface area contributed by atoms with E-state index >= 15 is 0 Å². The second kappa shape index (κ2) is 7.91. The summed E-state index contributed by atoms with van der Waals surface area (Å²) in [5, 5.41) is 3.24. The first-order valence-electron chi connectivity index (χ1n) is 9.98. The summed E-state index contributed by atoms with van der Waals surface area (Å²) >= 11 is 1.47. The zero-order valence-electron chi connectivity index (χ0n) is 17.3. The molecule has 2 aromatic carbocycles. The molecule has 1 aliphatic heterocycles. The fourth-order valence-corrected chi connectivity index (χ4v) is 4.98. The molecule has 148 valence electrons. The Kier molecular flexibility index (Phi) is 5.33. The summed E-state index contributed by atoms with van der Waals surface area (Å²) in [5.74, 6) is 0.0414. The summed E-state index contributed by atoms with van der Waals surface area (Å²) in [6, 6.07) is 17.0. The maximum Gasteiger partial charge on any atom is 0.266 e. The van der Waals surface area contributed by atoms with Crippen LogP contribution in [0.1, 0.15) is 30.8 Å². The third-order valence-electron chi connectivity index (χ3n) is 5.26.